The summed E-state index contributed by atoms with van der Waals surface area (Å²) in [6.45, 7) is -3.56. The minimum atomic E-state index is -4.70. The Bertz CT molecular complexity index is 905. The Kier molecular flexibility index (Phi) is 7.02. The third-order valence-electron chi connectivity index (χ3n) is 3.59. The van der Waals surface area contributed by atoms with E-state index in [4.69, 9.17) is 11.6 Å². The van der Waals surface area contributed by atoms with Gasteiger partial charge >= 0.3 is 12.8 Å². The molecule has 0 fully saturated rings. The fraction of sp³-hybridized carbons (Fsp3) is 0.222. The van der Waals surface area contributed by atoms with Gasteiger partial charge in [-0.3, -0.25) is 9.59 Å². The van der Waals surface area contributed by atoms with Gasteiger partial charge in [0.05, 0.1) is 17.1 Å². The lowest BCUT2D eigenvalue weighted by Gasteiger charge is -2.18. The first-order valence-corrected chi connectivity index (χ1v) is 8.32. The van der Waals surface area contributed by atoms with E-state index in [1.165, 1.54) is 31.3 Å². The standard InChI is InChI=1S/C18H14ClF5N2O3/c1-26(16(28)10-3-2-4-12(7-10)29-17(20)21)9-15(27)25-11-5-6-14(19)13(8-11)18(22,23)24/h2-8,17H,9H2,1H3,(H,25,27). The molecule has 0 aromatic heterocycles. The van der Waals surface area contributed by atoms with E-state index in [0.717, 1.165) is 17.0 Å². The number of anilines is 1. The molecule has 29 heavy (non-hydrogen) atoms. The van der Waals surface area contributed by atoms with Crippen molar-refractivity contribution < 1.29 is 36.3 Å². The lowest BCUT2D eigenvalue weighted by atomic mass is 10.2. The fourth-order valence-corrected chi connectivity index (χ4v) is 2.56. The van der Waals surface area contributed by atoms with Crippen LogP contribution in [0.1, 0.15) is 15.9 Å². The summed E-state index contributed by atoms with van der Waals surface area (Å²) in [5.41, 5.74) is -1.28. The van der Waals surface area contributed by atoms with Crippen LogP contribution in [-0.4, -0.2) is 36.9 Å². The molecule has 0 heterocycles. The van der Waals surface area contributed by atoms with Gasteiger partial charge in [-0.15, -0.1) is 0 Å². The van der Waals surface area contributed by atoms with E-state index in [-0.39, 0.29) is 17.0 Å². The van der Waals surface area contributed by atoms with Gasteiger partial charge in [0, 0.05) is 18.3 Å². The molecule has 0 spiro atoms. The van der Waals surface area contributed by atoms with Gasteiger partial charge in [0.2, 0.25) is 5.91 Å². The average molecular weight is 437 g/mol. The largest absolute Gasteiger partial charge is 0.435 e. The first-order valence-electron chi connectivity index (χ1n) is 7.94. The zero-order valence-electron chi connectivity index (χ0n) is 14.8. The van der Waals surface area contributed by atoms with Gasteiger partial charge in [-0.05, 0) is 36.4 Å². The van der Waals surface area contributed by atoms with Crippen LogP contribution in [0.5, 0.6) is 5.75 Å². The Hall–Kier alpha value is -2.88. The maximum Gasteiger partial charge on any atom is 0.417 e. The van der Waals surface area contributed by atoms with Gasteiger partial charge in [-0.2, -0.15) is 22.0 Å². The number of carbonyl (C=O) groups excluding carboxylic acids is 2. The number of alkyl halides is 5. The molecule has 1 N–H and O–H groups in total. The summed E-state index contributed by atoms with van der Waals surface area (Å²) < 4.78 is 67.4. The molecule has 0 atom stereocenters. The summed E-state index contributed by atoms with van der Waals surface area (Å²) >= 11 is 5.51. The molecule has 0 saturated carbocycles. The van der Waals surface area contributed by atoms with E-state index in [1.807, 2.05) is 0 Å². The lowest BCUT2D eigenvalue weighted by molar-refractivity contribution is -0.137. The van der Waals surface area contributed by atoms with Crippen molar-refractivity contribution in [3.05, 3.63) is 58.6 Å². The predicted molar refractivity (Wildman–Crippen MR) is 95.1 cm³/mol. The van der Waals surface area contributed by atoms with Gasteiger partial charge in [0.25, 0.3) is 5.91 Å². The number of benzene rings is 2. The van der Waals surface area contributed by atoms with Crippen molar-refractivity contribution in [2.75, 3.05) is 18.9 Å². The summed E-state index contributed by atoms with van der Waals surface area (Å²) in [6, 6.07) is 7.82. The number of carbonyl (C=O) groups is 2. The van der Waals surface area contributed by atoms with Gasteiger partial charge in [-0.25, -0.2) is 0 Å². The predicted octanol–water partition coefficient (Wildman–Crippen LogP) is 4.67. The minimum Gasteiger partial charge on any atom is -0.435 e. The Balaban J connectivity index is 2.05. The van der Waals surface area contributed by atoms with Crippen LogP contribution < -0.4 is 10.1 Å². The molecule has 2 aromatic carbocycles. The van der Waals surface area contributed by atoms with Crippen LogP contribution in [0.3, 0.4) is 0 Å². The van der Waals surface area contributed by atoms with Gasteiger partial charge in [0.15, 0.2) is 0 Å². The van der Waals surface area contributed by atoms with Crippen molar-refractivity contribution in [1.29, 1.82) is 0 Å². The van der Waals surface area contributed by atoms with Crippen LogP contribution in [-0.2, 0) is 11.0 Å². The normalized spacial score (nSPS) is 11.3. The zero-order chi connectivity index (χ0) is 21.8. The molecule has 0 radical (unpaired) electrons. The zero-order valence-corrected chi connectivity index (χ0v) is 15.5. The molecular weight excluding hydrogens is 423 g/mol. The smallest absolute Gasteiger partial charge is 0.417 e. The number of halogens is 6. The van der Waals surface area contributed by atoms with Crippen molar-refractivity contribution in [3.63, 3.8) is 0 Å². The van der Waals surface area contributed by atoms with Crippen molar-refractivity contribution in [2.24, 2.45) is 0 Å². The van der Waals surface area contributed by atoms with E-state index in [9.17, 15) is 31.5 Å². The first kappa shape index (κ1) is 22.4. The summed E-state index contributed by atoms with van der Waals surface area (Å²) in [6.07, 6.45) is -4.70. The third-order valence-corrected chi connectivity index (χ3v) is 3.92. The maximum absolute atomic E-state index is 12.9. The number of ether oxygens (including phenoxy) is 1. The summed E-state index contributed by atoms with van der Waals surface area (Å²) in [7, 11) is 1.27. The third kappa shape index (κ3) is 6.31. The number of rotatable bonds is 6. The number of likely N-dealkylation sites (N-methyl/N-ethyl adjacent to an activating group) is 1. The van der Waals surface area contributed by atoms with E-state index in [0.29, 0.717) is 6.07 Å². The lowest BCUT2D eigenvalue weighted by Crippen LogP contribution is -2.35. The Labute approximate surface area is 167 Å². The van der Waals surface area contributed by atoms with Crippen LogP contribution in [0.2, 0.25) is 5.02 Å². The Morgan fingerprint density at radius 1 is 1.17 bits per heavy atom. The molecule has 5 nitrogen and oxygen atoms in total. The van der Waals surface area contributed by atoms with E-state index >= 15 is 0 Å². The molecule has 0 bridgehead atoms. The molecule has 2 rings (SSSR count). The molecule has 0 aliphatic carbocycles. The highest BCUT2D eigenvalue weighted by molar-refractivity contribution is 6.31. The quantitative estimate of drug-likeness (QED) is 0.669. The van der Waals surface area contributed by atoms with Crippen LogP contribution in [0, 0.1) is 0 Å². The van der Waals surface area contributed by atoms with E-state index in [2.05, 4.69) is 10.1 Å². The van der Waals surface area contributed by atoms with Gasteiger partial charge in [0.1, 0.15) is 5.75 Å². The summed E-state index contributed by atoms with van der Waals surface area (Å²) in [5, 5.41) is 1.72. The highest BCUT2D eigenvalue weighted by Crippen LogP contribution is 2.36. The molecule has 0 saturated heterocycles. The van der Waals surface area contributed by atoms with E-state index < -0.39 is 41.7 Å². The van der Waals surface area contributed by atoms with E-state index in [1.54, 1.807) is 0 Å². The van der Waals surface area contributed by atoms with Crippen LogP contribution >= 0.6 is 11.6 Å². The molecule has 2 aromatic rings. The summed E-state index contributed by atoms with van der Waals surface area (Å²) in [5.74, 6) is -1.67. The highest BCUT2D eigenvalue weighted by atomic mass is 35.5. The Morgan fingerprint density at radius 2 is 1.86 bits per heavy atom. The van der Waals surface area contributed by atoms with Crippen LogP contribution in [0.15, 0.2) is 42.5 Å². The highest BCUT2D eigenvalue weighted by Gasteiger charge is 2.33. The molecule has 156 valence electrons. The minimum absolute atomic E-state index is 0.00991. The van der Waals surface area contributed by atoms with Crippen molar-refractivity contribution in [2.45, 2.75) is 12.8 Å². The molecule has 11 heteroatoms. The SMILES string of the molecule is CN(CC(=O)Nc1ccc(Cl)c(C(F)(F)F)c1)C(=O)c1cccc(OC(F)F)c1. The number of hydrogen-bond donors (Lipinski definition) is 1. The van der Waals surface area contributed by atoms with Crippen LogP contribution in [0.25, 0.3) is 0 Å². The number of hydrogen-bond acceptors (Lipinski definition) is 3. The molecule has 0 unspecified atom stereocenters. The average Bonchev–Trinajstić information content (AvgIpc) is 2.61. The van der Waals surface area contributed by atoms with Crippen molar-refractivity contribution >= 4 is 29.1 Å². The molecule has 0 aliphatic heterocycles. The van der Waals surface area contributed by atoms with Gasteiger partial charge < -0.3 is 15.0 Å². The second-order valence-corrected chi connectivity index (χ2v) is 6.22. The van der Waals surface area contributed by atoms with Crippen molar-refractivity contribution in [3.8, 4) is 5.75 Å². The molecule has 2 amide bonds. The van der Waals surface area contributed by atoms with Crippen molar-refractivity contribution in [1.82, 2.24) is 4.90 Å². The monoisotopic (exact) mass is 436 g/mol. The second-order valence-electron chi connectivity index (χ2n) is 5.81. The molecule has 0 aliphatic rings. The maximum atomic E-state index is 12.9. The number of nitrogens with one attached hydrogen (secondary N) is 1. The number of amides is 2. The number of nitrogens with zero attached hydrogens (tertiary/aromatic N) is 1. The van der Waals surface area contributed by atoms with Crippen LogP contribution in [0.4, 0.5) is 27.6 Å². The Morgan fingerprint density at radius 3 is 2.48 bits per heavy atom. The summed E-state index contributed by atoms with van der Waals surface area (Å²) in [4.78, 5) is 25.4. The topological polar surface area (TPSA) is 58.6 Å². The second kappa shape index (κ2) is 9.08. The first-order chi connectivity index (χ1) is 13.5. The fourth-order valence-electron chi connectivity index (χ4n) is 2.33. The molecular formula is C18H14ClF5N2O3. The van der Waals surface area contributed by atoms with Gasteiger partial charge in [-0.1, -0.05) is 17.7 Å².